The fourth-order valence-electron chi connectivity index (χ4n) is 3.37. The molecule has 0 aliphatic rings. The minimum atomic E-state index is -0.128. The fourth-order valence-corrected chi connectivity index (χ4v) is 3.37. The maximum Gasteiger partial charge on any atom is 0.237 e. The summed E-state index contributed by atoms with van der Waals surface area (Å²) in [6.07, 6.45) is 2.40. The lowest BCUT2D eigenvalue weighted by atomic mass is 10.2. The number of nitrogens with one attached hydrogen (secondary N) is 1. The van der Waals surface area contributed by atoms with E-state index in [0.717, 1.165) is 22.5 Å². The number of methoxy groups -OCH3 is 1. The number of pyridine rings is 1. The number of aromatic nitrogens is 3. The number of ether oxygens (including phenoxy) is 2. The maximum absolute atomic E-state index is 12.7. The number of benzene rings is 2. The zero-order valence-corrected chi connectivity index (χ0v) is 17.3. The van der Waals surface area contributed by atoms with Gasteiger partial charge in [-0.25, -0.2) is 9.97 Å². The predicted molar refractivity (Wildman–Crippen MR) is 120 cm³/mol. The van der Waals surface area contributed by atoms with Gasteiger partial charge in [-0.05, 0) is 36.4 Å². The first kappa shape index (κ1) is 20.6. The Morgan fingerprint density at radius 1 is 1.00 bits per heavy atom. The van der Waals surface area contributed by atoms with Crippen LogP contribution in [0, 0.1) is 0 Å². The van der Waals surface area contributed by atoms with Crippen LogP contribution in [0.15, 0.2) is 72.9 Å². The molecule has 0 saturated carbocycles. The summed E-state index contributed by atoms with van der Waals surface area (Å²) in [7, 11) is 1.60. The Kier molecular flexibility index (Phi) is 6.54. The number of carbonyl (C=O) groups excluding carboxylic acids is 1. The minimum absolute atomic E-state index is 0.128. The smallest absolute Gasteiger partial charge is 0.237 e. The minimum Gasteiger partial charge on any atom is -0.474 e. The number of para-hydroxylation sites is 3. The van der Waals surface area contributed by atoms with Crippen molar-refractivity contribution in [2.45, 2.75) is 12.8 Å². The van der Waals surface area contributed by atoms with E-state index in [2.05, 4.69) is 14.9 Å². The van der Waals surface area contributed by atoms with E-state index in [0.29, 0.717) is 31.2 Å². The van der Waals surface area contributed by atoms with Gasteiger partial charge in [-0.15, -0.1) is 0 Å². The first-order valence-electron chi connectivity index (χ1n) is 10.1. The van der Waals surface area contributed by atoms with Crippen molar-refractivity contribution in [2.24, 2.45) is 0 Å². The standard InChI is InChI=1S/C24H24N4O3/c1-30-16-17-31-24-20(11-7-15-25-24)27-23(29)14-13-22-26-19-10-5-6-12-21(19)28(22)18-8-3-2-4-9-18/h2-12,15H,13-14,16-17H2,1H3,(H,27,29). The summed E-state index contributed by atoms with van der Waals surface area (Å²) in [5, 5.41) is 2.90. The van der Waals surface area contributed by atoms with E-state index in [1.165, 1.54) is 0 Å². The molecule has 0 spiro atoms. The molecule has 4 aromatic rings. The third kappa shape index (κ3) is 4.90. The van der Waals surface area contributed by atoms with Gasteiger partial charge < -0.3 is 14.8 Å². The summed E-state index contributed by atoms with van der Waals surface area (Å²) < 4.78 is 12.7. The topological polar surface area (TPSA) is 78.3 Å². The number of rotatable bonds is 9. The summed E-state index contributed by atoms with van der Waals surface area (Å²) in [5.41, 5.74) is 3.49. The molecule has 2 heterocycles. The zero-order valence-electron chi connectivity index (χ0n) is 17.3. The molecule has 2 aromatic heterocycles. The molecule has 0 atom stereocenters. The van der Waals surface area contributed by atoms with Gasteiger partial charge in [-0.3, -0.25) is 9.36 Å². The third-order valence-electron chi connectivity index (χ3n) is 4.79. The molecule has 1 N–H and O–H groups in total. The Balaban J connectivity index is 1.50. The van der Waals surface area contributed by atoms with Crippen LogP contribution < -0.4 is 10.1 Å². The monoisotopic (exact) mass is 416 g/mol. The largest absolute Gasteiger partial charge is 0.474 e. The summed E-state index contributed by atoms with van der Waals surface area (Å²) in [6.45, 7) is 0.803. The molecule has 7 heteroatoms. The summed E-state index contributed by atoms with van der Waals surface area (Å²) >= 11 is 0. The molecule has 0 radical (unpaired) electrons. The Morgan fingerprint density at radius 3 is 2.65 bits per heavy atom. The number of imidazole rings is 1. The SMILES string of the molecule is COCCOc1ncccc1NC(=O)CCc1nc2ccccc2n1-c1ccccc1. The van der Waals surface area contributed by atoms with E-state index in [9.17, 15) is 4.79 Å². The Morgan fingerprint density at radius 2 is 1.81 bits per heavy atom. The first-order chi connectivity index (χ1) is 15.3. The van der Waals surface area contributed by atoms with E-state index < -0.39 is 0 Å². The number of anilines is 1. The van der Waals surface area contributed by atoms with Crippen LogP contribution >= 0.6 is 0 Å². The van der Waals surface area contributed by atoms with Crippen LogP contribution in [0.3, 0.4) is 0 Å². The van der Waals surface area contributed by atoms with Crippen molar-refractivity contribution < 1.29 is 14.3 Å². The van der Waals surface area contributed by atoms with Gasteiger partial charge in [-0.1, -0.05) is 30.3 Å². The molecule has 0 unspecified atom stereocenters. The maximum atomic E-state index is 12.7. The molecule has 0 saturated heterocycles. The summed E-state index contributed by atoms with van der Waals surface area (Å²) in [5.74, 6) is 1.09. The van der Waals surface area contributed by atoms with Gasteiger partial charge in [0.2, 0.25) is 11.8 Å². The van der Waals surface area contributed by atoms with Crippen molar-refractivity contribution >= 4 is 22.6 Å². The normalized spacial score (nSPS) is 10.9. The van der Waals surface area contributed by atoms with E-state index in [4.69, 9.17) is 14.5 Å². The number of hydrogen-bond donors (Lipinski definition) is 1. The Bertz CT molecular complexity index is 1160. The second kappa shape index (κ2) is 9.86. The van der Waals surface area contributed by atoms with E-state index in [-0.39, 0.29) is 12.3 Å². The van der Waals surface area contributed by atoms with E-state index >= 15 is 0 Å². The lowest BCUT2D eigenvalue weighted by Crippen LogP contribution is -2.15. The number of amides is 1. The Labute approximate surface area is 180 Å². The van der Waals surface area contributed by atoms with Crippen molar-refractivity contribution in [3.05, 3.63) is 78.8 Å². The van der Waals surface area contributed by atoms with Crippen LogP contribution in [-0.2, 0) is 16.0 Å². The van der Waals surface area contributed by atoms with Crippen LogP contribution in [-0.4, -0.2) is 40.8 Å². The van der Waals surface area contributed by atoms with Gasteiger partial charge in [0.25, 0.3) is 0 Å². The van der Waals surface area contributed by atoms with Gasteiger partial charge in [0.05, 0.1) is 17.6 Å². The number of hydrogen-bond acceptors (Lipinski definition) is 5. The lowest BCUT2D eigenvalue weighted by Gasteiger charge is -2.12. The van der Waals surface area contributed by atoms with Gasteiger partial charge in [0, 0.05) is 31.8 Å². The Hall–Kier alpha value is -3.71. The summed E-state index contributed by atoms with van der Waals surface area (Å²) in [6, 6.07) is 21.6. The van der Waals surface area contributed by atoms with Crippen LogP contribution in [0.5, 0.6) is 5.88 Å². The number of nitrogens with zero attached hydrogens (tertiary/aromatic N) is 3. The molecule has 158 valence electrons. The molecule has 0 aliphatic heterocycles. The van der Waals surface area contributed by atoms with Crippen molar-refractivity contribution in [3.63, 3.8) is 0 Å². The molecule has 4 rings (SSSR count). The van der Waals surface area contributed by atoms with Gasteiger partial charge in [-0.2, -0.15) is 0 Å². The molecule has 1 amide bonds. The van der Waals surface area contributed by atoms with Crippen LogP contribution in [0.1, 0.15) is 12.2 Å². The quantitative estimate of drug-likeness (QED) is 0.417. The van der Waals surface area contributed by atoms with Crippen molar-refractivity contribution in [1.29, 1.82) is 0 Å². The van der Waals surface area contributed by atoms with Crippen LogP contribution in [0.4, 0.5) is 5.69 Å². The highest BCUT2D eigenvalue weighted by Gasteiger charge is 2.15. The zero-order chi connectivity index (χ0) is 21.5. The average Bonchev–Trinajstić information content (AvgIpc) is 3.18. The highest BCUT2D eigenvalue weighted by Crippen LogP contribution is 2.23. The lowest BCUT2D eigenvalue weighted by molar-refractivity contribution is -0.116. The second-order valence-electron chi connectivity index (χ2n) is 6.93. The van der Waals surface area contributed by atoms with Gasteiger partial charge in [0.15, 0.2) is 0 Å². The molecule has 7 nitrogen and oxygen atoms in total. The van der Waals surface area contributed by atoms with Gasteiger partial charge >= 0.3 is 0 Å². The summed E-state index contributed by atoms with van der Waals surface area (Å²) in [4.78, 5) is 21.6. The van der Waals surface area contributed by atoms with Crippen molar-refractivity contribution in [1.82, 2.24) is 14.5 Å². The van der Waals surface area contributed by atoms with E-state index in [1.54, 1.807) is 25.4 Å². The van der Waals surface area contributed by atoms with Crippen molar-refractivity contribution in [2.75, 3.05) is 25.6 Å². The third-order valence-corrected chi connectivity index (χ3v) is 4.79. The highest BCUT2D eigenvalue weighted by atomic mass is 16.5. The second-order valence-corrected chi connectivity index (χ2v) is 6.93. The van der Waals surface area contributed by atoms with Crippen molar-refractivity contribution in [3.8, 4) is 11.6 Å². The molecule has 0 fully saturated rings. The van der Waals surface area contributed by atoms with Crippen LogP contribution in [0.25, 0.3) is 16.7 Å². The van der Waals surface area contributed by atoms with Gasteiger partial charge in [0.1, 0.15) is 18.1 Å². The number of fused-ring (bicyclic) bond motifs is 1. The molecule has 2 aromatic carbocycles. The number of aryl methyl sites for hydroxylation is 1. The first-order valence-corrected chi connectivity index (χ1v) is 10.1. The molecular formula is C24H24N4O3. The number of carbonyl (C=O) groups is 1. The molecular weight excluding hydrogens is 392 g/mol. The van der Waals surface area contributed by atoms with E-state index in [1.807, 2.05) is 54.6 Å². The fraction of sp³-hybridized carbons (Fsp3) is 0.208. The molecule has 0 bridgehead atoms. The highest BCUT2D eigenvalue weighted by molar-refractivity contribution is 5.92. The molecule has 31 heavy (non-hydrogen) atoms. The predicted octanol–water partition coefficient (Wildman–Crippen LogP) is 4.02. The van der Waals surface area contributed by atoms with Crippen LogP contribution in [0.2, 0.25) is 0 Å². The molecule has 0 aliphatic carbocycles. The average molecular weight is 416 g/mol.